The maximum absolute atomic E-state index is 10.6. The molecule has 1 aromatic carbocycles. The van der Waals surface area contributed by atoms with Crippen LogP contribution in [0.15, 0.2) is 24.3 Å². The fourth-order valence-corrected chi connectivity index (χ4v) is 3.17. The summed E-state index contributed by atoms with van der Waals surface area (Å²) in [6.07, 6.45) is 6.62. The van der Waals surface area contributed by atoms with Gasteiger partial charge in [-0.25, -0.2) is 0 Å². The van der Waals surface area contributed by atoms with E-state index in [1.807, 2.05) is 12.1 Å². The van der Waals surface area contributed by atoms with E-state index in [1.54, 1.807) is 12.1 Å². The Morgan fingerprint density at radius 2 is 2.11 bits per heavy atom. The fourth-order valence-electron chi connectivity index (χ4n) is 3.17. The van der Waals surface area contributed by atoms with Crippen molar-refractivity contribution < 1.29 is 4.92 Å². The average Bonchev–Trinajstić information content (AvgIpc) is 2.38. The number of nitrogens with two attached hydrogens (primary N) is 1. The Hall–Kier alpha value is -1.42. The van der Waals surface area contributed by atoms with E-state index in [0.29, 0.717) is 0 Å². The molecule has 1 aromatic rings. The summed E-state index contributed by atoms with van der Waals surface area (Å²) in [6.45, 7) is 2.22. The van der Waals surface area contributed by atoms with Crippen LogP contribution in [0.25, 0.3) is 0 Å². The van der Waals surface area contributed by atoms with Gasteiger partial charge in [0.15, 0.2) is 0 Å². The molecule has 0 radical (unpaired) electrons. The van der Waals surface area contributed by atoms with Crippen LogP contribution >= 0.6 is 0 Å². The van der Waals surface area contributed by atoms with E-state index in [1.165, 1.54) is 19.3 Å². The Morgan fingerprint density at radius 1 is 1.42 bits per heavy atom. The first-order valence-corrected chi connectivity index (χ1v) is 7.04. The first-order chi connectivity index (χ1) is 9.02. The molecule has 0 saturated heterocycles. The minimum absolute atomic E-state index is 0.130. The number of nitrogens with zero attached hydrogens (tertiary/aromatic N) is 1. The van der Waals surface area contributed by atoms with Gasteiger partial charge in [-0.3, -0.25) is 10.1 Å². The molecule has 1 fully saturated rings. The van der Waals surface area contributed by atoms with Crippen LogP contribution in [-0.2, 0) is 6.42 Å². The first kappa shape index (κ1) is 14.0. The van der Waals surface area contributed by atoms with Gasteiger partial charge in [0.25, 0.3) is 5.69 Å². The van der Waals surface area contributed by atoms with Crippen LogP contribution < -0.4 is 5.73 Å². The molecular weight excluding hydrogens is 240 g/mol. The predicted octanol–water partition coefficient (Wildman–Crippen LogP) is 3.44. The number of nitro benzene ring substituents is 1. The quantitative estimate of drug-likeness (QED) is 0.667. The molecule has 0 aromatic heterocycles. The highest BCUT2D eigenvalue weighted by Crippen LogP contribution is 2.34. The van der Waals surface area contributed by atoms with Gasteiger partial charge in [-0.2, -0.15) is 0 Å². The summed E-state index contributed by atoms with van der Waals surface area (Å²) in [7, 11) is 0. The fraction of sp³-hybridized carbons (Fsp3) is 0.600. The molecule has 104 valence electrons. The van der Waals surface area contributed by atoms with E-state index in [0.717, 1.165) is 30.7 Å². The van der Waals surface area contributed by atoms with Gasteiger partial charge in [-0.1, -0.05) is 38.3 Å². The number of hydrogen-bond donors (Lipinski definition) is 1. The van der Waals surface area contributed by atoms with Gasteiger partial charge in [0.1, 0.15) is 0 Å². The van der Waals surface area contributed by atoms with Crippen molar-refractivity contribution in [1.82, 2.24) is 0 Å². The van der Waals surface area contributed by atoms with E-state index in [-0.39, 0.29) is 16.1 Å². The normalized spacial score (nSPS) is 27.2. The van der Waals surface area contributed by atoms with Crippen LogP contribution in [0.3, 0.4) is 0 Å². The molecule has 19 heavy (non-hydrogen) atoms. The van der Waals surface area contributed by atoms with Crippen molar-refractivity contribution >= 4 is 5.69 Å². The number of non-ortho nitro benzene ring substituents is 1. The number of benzene rings is 1. The summed E-state index contributed by atoms with van der Waals surface area (Å²) < 4.78 is 0. The van der Waals surface area contributed by atoms with Crippen LogP contribution in [0.1, 0.15) is 44.6 Å². The Balaban J connectivity index is 2.05. The second-order valence-corrected chi connectivity index (χ2v) is 5.83. The third-order valence-electron chi connectivity index (χ3n) is 4.26. The van der Waals surface area contributed by atoms with Crippen LogP contribution in [-0.4, -0.2) is 10.5 Å². The van der Waals surface area contributed by atoms with E-state index in [4.69, 9.17) is 5.73 Å². The Labute approximate surface area is 114 Å². The summed E-state index contributed by atoms with van der Waals surface area (Å²) in [6, 6.07) is 6.81. The van der Waals surface area contributed by atoms with Crippen LogP contribution in [0, 0.1) is 16.0 Å². The van der Waals surface area contributed by atoms with Gasteiger partial charge in [-0.15, -0.1) is 0 Å². The van der Waals surface area contributed by atoms with Gasteiger partial charge in [0.2, 0.25) is 0 Å². The van der Waals surface area contributed by atoms with Crippen LogP contribution in [0.5, 0.6) is 0 Å². The molecule has 0 heterocycles. The third-order valence-corrected chi connectivity index (χ3v) is 4.26. The summed E-state index contributed by atoms with van der Waals surface area (Å²) in [5.41, 5.74) is 7.64. The average molecular weight is 262 g/mol. The number of nitro groups is 1. The standard InChI is InChI=1S/C15H22N2O2/c1-2-12-4-3-9-15(16,10-12)11-13-5-7-14(8-6-13)17(18)19/h5-8,12H,2-4,9-11,16H2,1H3. The highest BCUT2D eigenvalue weighted by Gasteiger charge is 2.32. The molecule has 4 heteroatoms. The SMILES string of the molecule is CCC1CCCC(N)(Cc2ccc([N+](=O)[O-])cc2)C1. The molecule has 0 bridgehead atoms. The molecule has 1 saturated carbocycles. The van der Waals surface area contributed by atoms with E-state index >= 15 is 0 Å². The van der Waals surface area contributed by atoms with Crippen molar-refractivity contribution in [2.75, 3.05) is 0 Å². The molecule has 0 amide bonds. The Morgan fingerprint density at radius 3 is 2.68 bits per heavy atom. The molecule has 0 aliphatic heterocycles. The molecule has 2 N–H and O–H groups in total. The largest absolute Gasteiger partial charge is 0.325 e. The molecule has 4 nitrogen and oxygen atoms in total. The number of hydrogen-bond acceptors (Lipinski definition) is 3. The van der Waals surface area contributed by atoms with Crippen molar-refractivity contribution in [1.29, 1.82) is 0 Å². The molecule has 0 spiro atoms. The second-order valence-electron chi connectivity index (χ2n) is 5.83. The summed E-state index contributed by atoms with van der Waals surface area (Å²) in [5.74, 6) is 0.733. The van der Waals surface area contributed by atoms with Gasteiger partial charge < -0.3 is 5.73 Å². The smallest absolute Gasteiger partial charge is 0.269 e. The summed E-state index contributed by atoms with van der Waals surface area (Å²) in [4.78, 5) is 10.3. The van der Waals surface area contributed by atoms with Crippen molar-refractivity contribution in [3.8, 4) is 0 Å². The lowest BCUT2D eigenvalue weighted by molar-refractivity contribution is -0.384. The Kier molecular flexibility index (Phi) is 4.20. The van der Waals surface area contributed by atoms with Gasteiger partial charge in [0.05, 0.1) is 4.92 Å². The van der Waals surface area contributed by atoms with Gasteiger partial charge in [0, 0.05) is 17.7 Å². The maximum atomic E-state index is 10.6. The minimum atomic E-state index is -0.365. The lowest BCUT2D eigenvalue weighted by Gasteiger charge is -2.38. The van der Waals surface area contributed by atoms with Crippen molar-refractivity contribution in [2.24, 2.45) is 11.7 Å². The predicted molar refractivity (Wildman–Crippen MR) is 76.0 cm³/mol. The number of rotatable bonds is 4. The van der Waals surface area contributed by atoms with Crippen molar-refractivity contribution in [2.45, 2.75) is 51.0 Å². The van der Waals surface area contributed by atoms with Crippen LogP contribution in [0.4, 0.5) is 5.69 Å². The van der Waals surface area contributed by atoms with Crippen LogP contribution in [0.2, 0.25) is 0 Å². The zero-order valence-electron chi connectivity index (χ0n) is 11.5. The molecular formula is C15H22N2O2. The van der Waals surface area contributed by atoms with E-state index in [9.17, 15) is 10.1 Å². The maximum Gasteiger partial charge on any atom is 0.269 e. The molecule has 1 aliphatic rings. The van der Waals surface area contributed by atoms with Gasteiger partial charge >= 0.3 is 0 Å². The highest BCUT2D eigenvalue weighted by molar-refractivity contribution is 5.33. The monoisotopic (exact) mass is 262 g/mol. The molecule has 2 unspecified atom stereocenters. The lowest BCUT2D eigenvalue weighted by atomic mass is 9.72. The molecule has 2 rings (SSSR count). The first-order valence-electron chi connectivity index (χ1n) is 7.04. The minimum Gasteiger partial charge on any atom is -0.325 e. The van der Waals surface area contributed by atoms with E-state index < -0.39 is 0 Å². The summed E-state index contributed by atoms with van der Waals surface area (Å²) >= 11 is 0. The topological polar surface area (TPSA) is 69.2 Å². The third kappa shape index (κ3) is 3.53. The van der Waals surface area contributed by atoms with Gasteiger partial charge in [-0.05, 0) is 30.7 Å². The highest BCUT2D eigenvalue weighted by atomic mass is 16.6. The van der Waals surface area contributed by atoms with Crippen molar-refractivity contribution in [3.63, 3.8) is 0 Å². The molecule has 1 aliphatic carbocycles. The lowest BCUT2D eigenvalue weighted by Crippen LogP contribution is -2.46. The zero-order chi connectivity index (χ0) is 13.9. The zero-order valence-corrected chi connectivity index (χ0v) is 11.5. The van der Waals surface area contributed by atoms with Crippen molar-refractivity contribution in [3.05, 3.63) is 39.9 Å². The second kappa shape index (κ2) is 5.70. The Bertz CT molecular complexity index is 444. The summed E-state index contributed by atoms with van der Waals surface area (Å²) in [5, 5.41) is 10.6. The van der Waals surface area contributed by atoms with E-state index in [2.05, 4.69) is 6.92 Å². The molecule has 2 atom stereocenters.